The number of hydrogen-bond acceptors (Lipinski definition) is 3. The van der Waals surface area contributed by atoms with Crippen molar-refractivity contribution in [1.29, 1.82) is 0 Å². The van der Waals surface area contributed by atoms with Crippen LogP contribution in [0.1, 0.15) is 20.3 Å². The molecule has 0 saturated carbocycles. The quantitative estimate of drug-likeness (QED) is 0.782. The lowest BCUT2D eigenvalue weighted by Crippen LogP contribution is -2.10. The molecule has 0 heterocycles. The van der Waals surface area contributed by atoms with Gasteiger partial charge in [-0.1, -0.05) is 6.92 Å². The van der Waals surface area contributed by atoms with Gasteiger partial charge in [0, 0.05) is 16.7 Å². The first-order valence-corrected chi connectivity index (χ1v) is 7.96. The Morgan fingerprint density at radius 1 is 1.53 bits per heavy atom. The Kier molecular flexibility index (Phi) is 4.80. The van der Waals surface area contributed by atoms with Gasteiger partial charge in [-0.15, -0.1) is 0 Å². The van der Waals surface area contributed by atoms with Crippen molar-refractivity contribution >= 4 is 35.7 Å². The molecule has 7 heteroatoms. The Bertz CT molecular complexity index is 519. The van der Waals surface area contributed by atoms with E-state index in [0.717, 1.165) is 18.6 Å². The Hall–Kier alpha value is -0.330. The highest BCUT2D eigenvalue weighted by Gasteiger charge is 2.19. The lowest BCUT2D eigenvalue weighted by atomic mass is 10.3. The number of benzene rings is 1. The van der Waals surface area contributed by atoms with Gasteiger partial charge in [0.25, 0.3) is 9.05 Å². The van der Waals surface area contributed by atoms with Gasteiger partial charge >= 0.3 is 0 Å². The van der Waals surface area contributed by atoms with E-state index in [1.807, 2.05) is 13.8 Å². The average molecular weight is 346 g/mol. The molecule has 0 bridgehead atoms. The van der Waals surface area contributed by atoms with Crippen LogP contribution < -0.4 is 4.74 Å². The first kappa shape index (κ1) is 14.7. The maximum atomic E-state index is 13.5. The minimum Gasteiger partial charge on any atom is -0.489 e. The van der Waals surface area contributed by atoms with E-state index >= 15 is 0 Å². The summed E-state index contributed by atoms with van der Waals surface area (Å²) in [5, 5.41) is 0. The van der Waals surface area contributed by atoms with Crippen molar-refractivity contribution in [3.8, 4) is 5.75 Å². The molecule has 0 radical (unpaired) electrons. The molecule has 1 rings (SSSR count). The first-order valence-electron chi connectivity index (χ1n) is 4.86. The van der Waals surface area contributed by atoms with Crippen molar-refractivity contribution in [2.75, 3.05) is 0 Å². The standard InChI is InChI=1S/C10H11BrClFO3S/c1-3-6(2)16-9-5-8(13)10(4-7(9)11)17(12,14)15/h4-6H,3H2,1-2H3. The lowest BCUT2D eigenvalue weighted by Gasteiger charge is -2.14. The highest BCUT2D eigenvalue weighted by molar-refractivity contribution is 9.10. The van der Waals surface area contributed by atoms with Gasteiger partial charge in [-0.25, -0.2) is 12.8 Å². The Morgan fingerprint density at radius 2 is 2.12 bits per heavy atom. The summed E-state index contributed by atoms with van der Waals surface area (Å²) in [5.41, 5.74) is 0. The molecular formula is C10H11BrClFO3S. The normalized spacial score (nSPS) is 13.5. The summed E-state index contributed by atoms with van der Waals surface area (Å²) in [5.74, 6) is -0.678. The molecule has 0 aromatic heterocycles. The van der Waals surface area contributed by atoms with Crippen molar-refractivity contribution < 1.29 is 17.5 Å². The predicted octanol–water partition coefficient (Wildman–Crippen LogP) is 3.69. The van der Waals surface area contributed by atoms with Gasteiger partial charge in [0.2, 0.25) is 0 Å². The molecule has 0 aliphatic carbocycles. The summed E-state index contributed by atoms with van der Waals surface area (Å²) >= 11 is 3.12. The second kappa shape index (κ2) is 5.54. The maximum Gasteiger partial charge on any atom is 0.264 e. The van der Waals surface area contributed by atoms with Gasteiger partial charge in [-0.3, -0.25) is 0 Å². The van der Waals surface area contributed by atoms with Crippen molar-refractivity contribution in [1.82, 2.24) is 0 Å². The molecule has 1 unspecified atom stereocenters. The van der Waals surface area contributed by atoms with Crippen LogP contribution in [0.5, 0.6) is 5.75 Å². The molecule has 1 aromatic rings. The van der Waals surface area contributed by atoms with Crippen molar-refractivity contribution in [3.63, 3.8) is 0 Å². The first-order chi connectivity index (χ1) is 7.75. The molecule has 0 aliphatic rings. The summed E-state index contributed by atoms with van der Waals surface area (Å²) in [7, 11) is 0.997. The SMILES string of the molecule is CCC(C)Oc1cc(F)c(S(=O)(=O)Cl)cc1Br. The molecular weight excluding hydrogens is 335 g/mol. The van der Waals surface area contributed by atoms with Gasteiger partial charge in [-0.05, 0) is 35.3 Å². The molecule has 96 valence electrons. The molecule has 0 saturated heterocycles. The van der Waals surface area contributed by atoms with Crippen molar-refractivity contribution in [2.45, 2.75) is 31.3 Å². The fraction of sp³-hybridized carbons (Fsp3) is 0.400. The predicted molar refractivity (Wildman–Crippen MR) is 67.5 cm³/mol. The molecule has 1 atom stereocenters. The topological polar surface area (TPSA) is 43.4 Å². The molecule has 3 nitrogen and oxygen atoms in total. The van der Waals surface area contributed by atoms with Gasteiger partial charge in [-0.2, -0.15) is 0 Å². The second-order valence-corrected chi connectivity index (χ2v) is 6.88. The van der Waals surface area contributed by atoms with E-state index in [1.54, 1.807) is 0 Å². The fourth-order valence-corrected chi connectivity index (χ4v) is 2.58. The van der Waals surface area contributed by atoms with E-state index in [9.17, 15) is 12.8 Å². The van der Waals surface area contributed by atoms with Crippen LogP contribution in [-0.2, 0) is 9.05 Å². The zero-order valence-electron chi connectivity index (χ0n) is 9.21. The molecule has 0 aliphatic heterocycles. The van der Waals surface area contributed by atoms with Crippen LogP contribution in [-0.4, -0.2) is 14.5 Å². The second-order valence-electron chi connectivity index (χ2n) is 3.49. The summed E-state index contributed by atoms with van der Waals surface area (Å²) in [6.45, 7) is 3.75. The highest BCUT2D eigenvalue weighted by atomic mass is 79.9. The summed E-state index contributed by atoms with van der Waals surface area (Å²) in [6, 6.07) is 2.10. The average Bonchev–Trinajstić information content (AvgIpc) is 2.21. The van der Waals surface area contributed by atoms with Gasteiger partial charge in [0.1, 0.15) is 16.5 Å². The molecule has 17 heavy (non-hydrogen) atoms. The zero-order valence-corrected chi connectivity index (χ0v) is 12.4. The fourth-order valence-electron chi connectivity index (χ4n) is 1.09. The Morgan fingerprint density at radius 3 is 2.59 bits per heavy atom. The van der Waals surface area contributed by atoms with E-state index in [1.165, 1.54) is 0 Å². The molecule has 1 aromatic carbocycles. The molecule has 0 fully saturated rings. The smallest absolute Gasteiger partial charge is 0.264 e. The zero-order chi connectivity index (χ0) is 13.2. The monoisotopic (exact) mass is 344 g/mol. The summed E-state index contributed by atoms with van der Waals surface area (Å²) in [4.78, 5) is -0.567. The highest BCUT2D eigenvalue weighted by Crippen LogP contribution is 2.32. The minimum atomic E-state index is -4.10. The minimum absolute atomic E-state index is 0.0934. The van der Waals surface area contributed by atoms with Crippen LogP contribution in [0.15, 0.2) is 21.5 Å². The summed E-state index contributed by atoms with van der Waals surface area (Å²) in [6.07, 6.45) is 0.660. The van der Waals surface area contributed by atoms with Crippen LogP contribution in [0, 0.1) is 5.82 Å². The molecule has 0 amide bonds. The van der Waals surface area contributed by atoms with E-state index in [-0.39, 0.29) is 11.9 Å². The molecule has 0 spiro atoms. The number of ether oxygens (including phenoxy) is 1. The number of hydrogen-bond donors (Lipinski definition) is 0. The van der Waals surface area contributed by atoms with Crippen molar-refractivity contribution in [2.24, 2.45) is 0 Å². The van der Waals surface area contributed by atoms with Crippen LogP contribution >= 0.6 is 26.6 Å². The van der Waals surface area contributed by atoms with Crippen molar-refractivity contribution in [3.05, 3.63) is 22.4 Å². The van der Waals surface area contributed by atoms with Crippen LogP contribution in [0.3, 0.4) is 0 Å². The van der Waals surface area contributed by atoms with Gasteiger partial charge < -0.3 is 4.74 Å². The largest absolute Gasteiger partial charge is 0.489 e. The van der Waals surface area contributed by atoms with Gasteiger partial charge in [0.05, 0.1) is 10.6 Å². The Balaban J connectivity index is 3.19. The van der Waals surface area contributed by atoms with E-state index in [0.29, 0.717) is 4.47 Å². The lowest BCUT2D eigenvalue weighted by molar-refractivity contribution is 0.215. The third kappa shape index (κ3) is 3.82. The third-order valence-corrected chi connectivity index (χ3v) is 4.11. The van der Waals surface area contributed by atoms with Crippen LogP contribution in [0.4, 0.5) is 4.39 Å². The maximum absolute atomic E-state index is 13.5. The Labute approximate surface area is 112 Å². The van der Waals surface area contributed by atoms with E-state index in [2.05, 4.69) is 15.9 Å². The third-order valence-electron chi connectivity index (χ3n) is 2.15. The van der Waals surface area contributed by atoms with E-state index in [4.69, 9.17) is 15.4 Å². The molecule has 0 N–H and O–H groups in total. The van der Waals surface area contributed by atoms with Crippen LogP contribution in [0.2, 0.25) is 0 Å². The number of rotatable bonds is 4. The summed E-state index contributed by atoms with van der Waals surface area (Å²) < 4.78 is 41.4. The van der Waals surface area contributed by atoms with E-state index < -0.39 is 19.8 Å². The van der Waals surface area contributed by atoms with Crippen LogP contribution in [0.25, 0.3) is 0 Å². The van der Waals surface area contributed by atoms with Gasteiger partial charge in [0.15, 0.2) is 0 Å². The number of halogens is 3.